The van der Waals surface area contributed by atoms with Crippen LogP contribution in [0.5, 0.6) is 0 Å². The van der Waals surface area contributed by atoms with E-state index in [1.165, 1.54) is 12.0 Å². The Bertz CT molecular complexity index is 986. The van der Waals surface area contributed by atoms with Gasteiger partial charge in [0.25, 0.3) is 0 Å². The van der Waals surface area contributed by atoms with Gasteiger partial charge in [-0.3, -0.25) is 9.59 Å². The first-order valence-electron chi connectivity index (χ1n) is 13.1. The zero-order valence-electron chi connectivity index (χ0n) is 20.4. The number of hydrogen-bond acceptors (Lipinski definition) is 4. The predicted molar refractivity (Wildman–Crippen MR) is 132 cm³/mol. The van der Waals surface area contributed by atoms with Gasteiger partial charge in [0.2, 0.25) is 21.8 Å². The summed E-state index contributed by atoms with van der Waals surface area (Å²) in [5, 5.41) is 3.00. The molecule has 0 radical (unpaired) electrons. The molecule has 34 heavy (non-hydrogen) atoms. The number of fused-ring (bicyclic) bond motifs is 1. The van der Waals surface area contributed by atoms with E-state index in [4.69, 9.17) is 0 Å². The van der Waals surface area contributed by atoms with Gasteiger partial charge in [0.05, 0.1) is 10.8 Å². The highest BCUT2D eigenvalue weighted by molar-refractivity contribution is 7.89. The molecular weight excluding hydrogens is 450 g/mol. The average molecular weight is 490 g/mol. The van der Waals surface area contributed by atoms with Crippen LogP contribution >= 0.6 is 0 Å². The fraction of sp³-hybridized carbons (Fsp3) is 0.692. The standard InChI is InChI=1S/C26H39N3O4S/c1-2-3-14-27-25(30)23-9-6-15-28(19-23)26(31)21-12-16-29(17-13-21)34(32,33)24-11-10-20-7-4-5-8-22(20)18-24/h10-11,18,21,23H,2-9,12-17,19H2,1H3,(H,27,30). The van der Waals surface area contributed by atoms with Crippen LogP contribution in [0, 0.1) is 11.8 Å². The number of carbonyl (C=O) groups is 2. The van der Waals surface area contributed by atoms with Crippen molar-refractivity contribution in [2.24, 2.45) is 11.8 Å². The highest BCUT2D eigenvalue weighted by atomic mass is 32.2. The summed E-state index contributed by atoms with van der Waals surface area (Å²) in [5.74, 6) is -0.176. The second-order valence-corrected chi connectivity index (χ2v) is 12.0. The van der Waals surface area contributed by atoms with Gasteiger partial charge in [0, 0.05) is 38.6 Å². The van der Waals surface area contributed by atoms with E-state index in [0.29, 0.717) is 50.5 Å². The quantitative estimate of drug-likeness (QED) is 0.596. The number of rotatable bonds is 7. The summed E-state index contributed by atoms with van der Waals surface area (Å²) < 4.78 is 28.1. The van der Waals surface area contributed by atoms with Crippen molar-refractivity contribution >= 4 is 21.8 Å². The van der Waals surface area contributed by atoms with Crippen LogP contribution in [0.4, 0.5) is 0 Å². The highest BCUT2D eigenvalue weighted by Crippen LogP contribution is 2.29. The number of hydrogen-bond donors (Lipinski definition) is 1. The van der Waals surface area contributed by atoms with Gasteiger partial charge in [0.15, 0.2) is 0 Å². The molecule has 3 aliphatic rings. The van der Waals surface area contributed by atoms with Crippen LogP contribution in [0.3, 0.4) is 0 Å². The number of sulfonamides is 1. The number of benzene rings is 1. The third-order valence-electron chi connectivity index (χ3n) is 7.69. The number of piperidine rings is 2. The predicted octanol–water partition coefficient (Wildman–Crippen LogP) is 3.12. The Balaban J connectivity index is 1.32. The first-order valence-corrected chi connectivity index (χ1v) is 14.5. The molecule has 7 nitrogen and oxygen atoms in total. The minimum atomic E-state index is -3.55. The molecule has 2 saturated heterocycles. The lowest BCUT2D eigenvalue weighted by molar-refractivity contribution is -0.140. The Labute approximate surface area is 204 Å². The molecule has 4 rings (SSSR count). The number of nitrogens with zero attached hydrogens (tertiary/aromatic N) is 2. The summed E-state index contributed by atoms with van der Waals surface area (Å²) in [5.41, 5.74) is 2.43. The van der Waals surface area contributed by atoms with E-state index >= 15 is 0 Å². The maximum atomic E-state index is 13.3. The first-order chi connectivity index (χ1) is 16.4. The van der Waals surface area contributed by atoms with E-state index in [2.05, 4.69) is 12.2 Å². The van der Waals surface area contributed by atoms with E-state index in [9.17, 15) is 18.0 Å². The summed E-state index contributed by atoms with van der Waals surface area (Å²) in [7, 11) is -3.55. The van der Waals surface area contributed by atoms with Crippen LogP contribution < -0.4 is 5.32 Å². The monoisotopic (exact) mass is 489 g/mol. The SMILES string of the molecule is CCCCNC(=O)C1CCCN(C(=O)C2CCN(S(=O)(=O)c3ccc4c(c3)CCCC4)CC2)C1. The Kier molecular flexibility index (Phi) is 8.30. The Hall–Kier alpha value is -1.93. The number of likely N-dealkylation sites (tertiary alicyclic amines) is 1. The number of carbonyl (C=O) groups excluding carboxylic acids is 2. The average Bonchev–Trinajstić information content (AvgIpc) is 2.88. The van der Waals surface area contributed by atoms with Crippen molar-refractivity contribution in [3.05, 3.63) is 29.3 Å². The molecule has 0 bridgehead atoms. The summed E-state index contributed by atoms with van der Waals surface area (Å²) >= 11 is 0. The minimum Gasteiger partial charge on any atom is -0.356 e. The molecule has 1 aromatic carbocycles. The summed E-state index contributed by atoms with van der Waals surface area (Å²) in [6.07, 6.45) is 8.99. The molecule has 1 unspecified atom stereocenters. The van der Waals surface area contributed by atoms with Crippen LogP contribution in [0.15, 0.2) is 23.1 Å². The van der Waals surface area contributed by atoms with Gasteiger partial charge in [-0.1, -0.05) is 19.4 Å². The van der Waals surface area contributed by atoms with E-state index in [0.717, 1.165) is 50.5 Å². The van der Waals surface area contributed by atoms with Gasteiger partial charge in [-0.15, -0.1) is 0 Å². The maximum absolute atomic E-state index is 13.3. The van der Waals surface area contributed by atoms with E-state index in [1.54, 1.807) is 10.4 Å². The number of unbranched alkanes of at least 4 members (excludes halogenated alkanes) is 1. The van der Waals surface area contributed by atoms with Gasteiger partial charge >= 0.3 is 0 Å². The molecule has 2 amide bonds. The normalized spacial score (nSPS) is 22.3. The van der Waals surface area contributed by atoms with Gasteiger partial charge in [-0.05, 0) is 81.0 Å². The first kappa shape index (κ1) is 25.2. The smallest absolute Gasteiger partial charge is 0.243 e. The molecule has 2 aliphatic heterocycles. The topological polar surface area (TPSA) is 86.8 Å². The fourth-order valence-corrected chi connectivity index (χ4v) is 7.07. The lowest BCUT2D eigenvalue weighted by atomic mass is 9.92. The van der Waals surface area contributed by atoms with Gasteiger partial charge in [-0.25, -0.2) is 8.42 Å². The minimum absolute atomic E-state index is 0.0527. The molecule has 1 aromatic rings. The van der Waals surface area contributed by atoms with Gasteiger partial charge < -0.3 is 10.2 Å². The molecule has 2 fully saturated rings. The molecule has 0 aromatic heterocycles. The number of nitrogens with one attached hydrogen (secondary N) is 1. The summed E-state index contributed by atoms with van der Waals surface area (Å²) in [6, 6.07) is 5.58. The van der Waals surface area contributed by atoms with Crippen LogP contribution in [-0.4, -0.2) is 62.2 Å². The van der Waals surface area contributed by atoms with Crippen molar-refractivity contribution in [2.75, 3.05) is 32.7 Å². The second kappa shape index (κ2) is 11.2. The summed E-state index contributed by atoms with van der Waals surface area (Å²) in [6.45, 7) is 4.68. The lowest BCUT2D eigenvalue weighted by Gasteiger charge is -2.37. The molecule has 1 atom stereocenters. The largest absolute Gasteiger partial charge is 0.356 e. The van der Waals surface area contributed by atoms with Crippen molar-refractivity contribution < 1.29 is 18.0 Å². The molecular formula is C26H39N3O4S. The van der Waals surface area contributed by atoms with Crippen molar-refractivity contribution in [1.29, 1.82) is 0 Å². The van der Waals surface area contributed by atoms with E-state index in [-0.39, 0.29) is 23.7 Å². The Morgan fingerprint density at radius 3 is 2.44 bits per heavy atom. The van der Waals surface area contributed by atoms with Crippen LogP contribution in [-0.2, 0) is 32.5 Å². The highest BCUT2D eigenvalue weighted by Gasteiger charge is 2.36. The maximum Gasteiger partial charge on any atom is 0.243 e. The van der Waals surface area contributed by atoms with Crippen molar-refractivity contribution in [1.82, 2.24) is 14.5 Å². The molecule has 2 heterocycles. The lowest BCUT2D eigenvalue weighted by Crippen LogP contribution is -2.49. The van der Waals surface area contributed by atoms with Crippen molar-refractivity contribution in [3.8, 4) is 0 Å². The van der Waals surface area contributed by atoms with E-state index < -0.39 is 10.0 Å². The zero-order chi connectivity index (χ0) is 24.1. The molecule has 8 heteroatoms. The molecule has 0 spiro atoms. The number of amides is 2. The number of aryl methyl sites for hydroxylation is 2. The molecule has 1 aliphatic carbocycles. The third kappa shape index (κ3) is 5.65. The fourth-order valence-electron chi connectivity index (χ4n) is 5.54. The summed E-state index contributed by atoms with van der Waals surface area (Å²) in [4.78, 5) is 27.9. The van der Waals surface area contributed by atoms with Crippen LogP contribution in [0.2, 0.25) is 0 Å². The zero-order valence-corrected chi connectivity index (χ0v) is 21.2. The third-order valence-corrected chi connectivity index (χ3v) is 9.59. The van der Waals surface area contributed by atoms with Gasteiger partial charge in [-0.2, -0.15) is 4.31 Å². The Morgan fingerprint density at radius 1 is 0.971 bits per heavy atom. The molecule has 0 saturated carbocycles. The Morgan fingerprint density at radius 2 is 1.71 bits per heavy atom. The van der Waals surface area contributed by atoms with Crippen LogP contribution in [0.25, 0.3) is 0 Å². The van der Waals surface area contributed by atoms with Crippen molar-refractivity contribution in [2.45, 2.75) is 76.0 Å². The second-order valence-electron chi connectivity index (χ2n) is 10.1. The van der Waals surface area contributed by atoms with Gasteiger partial charge in [0.1, 0.15) is 0 Å². The van der Waals surface area contributed by atoms with E-state index in [1.807, 2.05) is 17.0 Å². The van der Waals surface area contributed by atoms with Crippen molar-refractivity contribution in [3.63, 3.8) is 0 Å². The molecule has 188 valence electrons. The molecule has 1 N–H and O–H groups in total. The van der Waals surface area contributed by atoms with Crippen LogP contribution in [0.1, 0.15) is 69.4 Å².